The maximum absolute atomic E-state index is 9.18. The summed E-state index contributed by atoms with van der Waals surface area (Å²) in [7, 11) is 0. The normalized spacial score (nSPS) is 11.3. The molecule has 0 aliphatic carbocycles. The standard InChI is InChI=1S/C11H19N3O4/c1-2-5-18-9-3-4-12-10(13-9)14-11(6-15,7-16)8-17/h3-4,15-17H,2,5-8H2,1H3,(H,12,13,14). The van der Waals surface area contributed by atoms with Crippen LogP contribution < -0.4 is 10.1 Å². The van der Waals surface area contributed by atoms with Crippen molar-refractivity contribution in [2.24, 2.45) is 0 Å². The monoisotopic (exact) mass is 257 g/mol. The summed E-state index contributed by atoms with van der Waals surface area (Å²) in [5, 5.41) is 30.2. The molecule has 0 saturated carbocycles. The number of aliphatic hydroxyl groups is 3. The minimum atomic E-state index is -1.25. The summed E-state index contributed by atoms with van der Waals surface area (Å²) in [6, 6.07) is 1.61. The van der Waals surface area contributed by atoms with Gasteiger partial charge in [0.25, 0.3) is 0 Å². The van der Waals surface area contributed by atoms with Crippen molar-refractivity contribution in [3.05, 3.63) is 12.3 Å². The first-order valence-corrected chi connectivity index (χ1v) is 5.76. The fourth-order valence-electron chi connectivity index (χ4n) is 1.20. The van der Waals surface area contributed by atoms with Crippen LogP contribution in [0.15, 0.2) is 12.3 Å². The van der Waals surface area contributed by atoms with Crippen LogP contribution in [0.5, 0.6) is 5.88 Å². The minimum Gasteiger partial charge on any atom is -0.478 e. The van der Waals surface area contributed by atoms with E-state index in [0.717, 1.165) is 6.42 Å². The van der Waals surface area contributed by atoms with Gasteiger partial charge in [-0.2, -0.15) is 4.98 Å². The van der Waals surface area contributed by atoms with Crippen LogP contribution in [0.4, 0.5) is 5.95 Å². The molecule has 102 valence electrons. The molecule has 18 heavy (non-hydrogen) atoms. The molecule has 0 bridgehead atoms. The van der Waals surface area contributed by atoms with Crippen LogP contribution in [0.1, 0.15) is 13.3 Å². The molecule has 0 aliphatic rings. The van der Waals surface area contributed by atoms with E-state index in [-0.39, 0.29) is 5.95 Å². The van der Waals surface area contributed by atoms with Crippen molar-refractivity contribution < 1.29 is 20.1 Å². The molecule has 1 rings (SSSR count). The molecule has 0 atom stereocenters. The first-order valence-electron chi connectivity index (χ1n) is 5.76. The number of hydrogen-bond donors (Lipinski definition) is 4. The Hall–Kier alpha value is -1.44. The Morgan fingerprint density at radius 1 is 1.28 bits per heavy atom. The van der Waals surface area contributed by atoms with Gasteiger partial charge in [0.05, 0.1) is 26.4 Å². The number of ether oxygens (including phenoxy) is 1. The molecule has 0 aliphatic heterocycles. The summed E-state index contributed by atoms with van der Waals surface area (Å²) in [4.78, 5) is 8.00. The zero-order chi connectivity index (χ0) is 13.4. The van der Waals surface area contributed by atoms with E-state index in [1.54, 1.807) is 6.07 Å². The molecule has 7 nitrogen and oxygen atoms in total. The van der Waals surface area contributed by atoms with Crippen molar-refractivity contribution in [1.29, 1.82) is 0 Å². The molecule has 0 aromatic carbocycles. The second kappa shape index (κ2) is 7.10. The van der Waals surface area contributed by atoms with Gasteiger partial charge in [-0.05, 0) is 6.42 Å². The lowest BCUT2D eigenvalue weighted by Gasteiger charge is -2.28. The first-order chi connectivity index (χ1) is 8.69. The Morgan fingerprint density at radius 3 is 2.50 bits per heavy atom. The molecule has 0 unspecified atom stereocenters. The van der Waals surface area contributed by atoms with Gasteiger partial charge in [-0.1, -0.05) is 6.92 Å². The van der Waals surface area contributed by atoms with Gasteiger partial charge in [-0.15, -0.1) is 0 Å². The van der Waals surface area contributed by atoms with Crippen LogP contribution in [0.3, 0.4) is 0 Å². The molecule has 1 aromatic heterocycles. The fourth-order valence-corrected chi connectivity index (χ4v) is 1.20. The summed E-state index contributed by atoms with van der Waals surface area (Å²) >= 11 is 0. The number of nitrogens with one attached hydrogen (secondary N) is 1. The highest BCUT2D eigenvalue weighted by Crippen LogP contribution is 2.14. The molecule has 0 saturated heterocycles. The lowest BCUT2D eigenvalue weighted by Crippen LogP contribution is -2.49. The van der Waals surface area contributed by atoms with Crippen LogP contribution in [0, 0.1) is 0 Å². The van der Waals surface area contributed by atoms with Gasteiger partial charge in [-0.25, -0.2) is 4.98 Å². The summed E-state index contributed by atoms with van der Waals surface area (Å²) in [5.41, 5.74) is -1.25. The van der Waals surface area contributed by atoms with E-state index < -0.39 is 25.4 Å². The highest BCUT2D eigenvalue weighted by Gasteiger charge is 2.28. The third-order valence-corrected chi connectivity index (χ3v) is 2.37. The number of aliphatic hydroxyl groups excluding tert-OH is 3. The van der Waals surface area contributed by atoms with Crippen LogP contribution in [-0.2, 0) is 0 Å². The highest BCUT2D eigenvalue weighted by molar-refractivity contribution is 5.32. The topological polar surface area (TPSA) is 108 Å². The minimum absolute atomic E-state index is 0.181. The lowest BCUT2D eigenvalue weighted by atomic mass is 10.0. The van der Waals surface area contributed by atoms with Gasteiger partial charge >= 0.3 is 0 Å². The Kier molecular flexibility index (Phi) is 5.76. The van der Waals surface area contributed by atoms with E-state index in [2.05, 4.69) is 15.3 Å². The predicted octanol–water partition coefficient (Wildman–Crippen LogP) is -0.607. The molecule has 4 N–H and O–H groups in total. The van der Waals surface area contributed by atoms with Gasteiger partial charge in [0.2, 0.25) is 11.8 Å². The van der Waals surface area contributed by atoms with Crippen molar-refractivity contribution in [1.82, 2.24) is 9.97 Å². The third-order valence-electron chi connectivity index (χ3n) is 2.37. The summed E-state index contributed by atoms with van der Waals surface area (Å²) in [6.07, 6.45) is 2.36. The molecule has 1 heterocycles. The first kappa shape index (κ1) is 14.6. The Morgan fingerprint density at radius 2 is 1.94 bits per heavy atom. The Bertz CT molecular complexity index is 350. The van der Waals surface area contributed by atoms with Gasteiger partial charge in [0, 0.05) is 12.3 Å². The van der Waals surface area contributed by atoms with E-state index in [1.165, 1.54) is 6.20 Å². The van der Waals surface area contributed by atoms with E-state index >= 15 is 0 Å². The van der Waals surface area contributed by atoms with Gasteiger partial charge in [-0.3, -0.25) is 0 Å². The number of rotatable bonds is 8. The molecule has 7 heteroatoms. The summed E-state index contributed by atoms with van der Waals surface area (Å²) in [6.45, 7) is 1.20. The molecule has 0 spiro atoms. The average Bonchev–Trinajstić information content (AvgIpc) is 2.43. The van der Waals surface area contributed by atoms with Crippen molar-refractivity contribution in [2.45, 2.75) is 18.9 Å². The Balaban J connectivity index is 2.77. The van der Waals surface area contributed by atoms with Crippen molar-refractivity contribution >= 4 is 5.95 Å². The largest absolute Gasteiger partial charge is 0.478 e. The maximum Gasteiger partial charge on any atom is 0.226 e. The molecular formula is C11H19N3O4. The third kappa shape index (κ3) is 3.80. The zero-order valence-electron chi connectivity index (χ0n) is 10.3. The van der Waals surface area contributed by atoms with Crippen molar-refractivity contribution in [2.75, 3.05) is 31.7 Å². The molecular weight excluding hydrogens is 238 g/mol. The number of hydrogen-bond acceptors (Lipinski definition) is 7. The molecule has 0 amide bonds. The van der Waals surface area contributed by atoms with Gasteiger partial charge in [0.1, 0.15) is 5.54 Å². The average molecular weight is 257 g/mol. The van der Waals surface area contributed by atoms with Crippen LogP contribution in [0.2, 0.25) is 0 Å². The van der Waals surface area contributed by atoms with Crippen LogP contribution >= 0.6 is 0 Å². The number of anilines is 1. The van der Waals surface area contributed by atoms with Crippen molar-refractivity contribution in [3.8, 4) is 5.88 Å². The predicted molar refractivity (Wildman–Crippen MR) is 65.4 cm³/mol. The van der Waals surface area contributed by atoms with Crippen LogP contribution in [-0.4, -0.2) is 57.3 Å². The fraction of sp³-hybridized carbons (Fsp3) is 0.636. The van der Waals surface area contributed by atoms with E-state index in [0.29, 0.717) is 12.5 Å². The second-order valence-electron chi connectivity index (χ2n) is 3.95. The van der Waals surface area contributed by atoms with Gasteiger partial charge in [0.15, 0.2) is 0 Å². The highest BCUT2D eigenvalue weighted by atomic mass is 16.5. The molecule has 0 radical (unpaired) electrons. The van der Waals surface area contributed by atoms with E-state index in [1.807, 2.05) is 6.92 Å². The number of nitrogens with zero attached hydrogens (tertiary/aromatic N) is 2. The summed E-state index contributed by atoms with van der Waals surface area (Å²) in [5.74, 6) is 0.581. The van der Waals surface area contributed by atoms with Gasteiger partial charge < -0.3 is 25.4 Å². The number of aromatic nitrogens is 2. The van der Waals surface area contributed by atoms with E-state index in [9.17, 15) is 15.3 Å². The van der Waals surface area contributed by atoms with Crippen LogP contribution in [0.25, 0.3) is 0 Å². The quantitative estimate of drug-likeness (QED) is 0.492. The maximum atomic E-state index is 9.18. The lowest BCUT2D eigenvalue weighted by molar-refractivity contribution is 0.0827. The van der Waals surface area contributed by atoms with E-state index in [4.69, 9.17) is 4.74 Å². The smallest absolute Gasteiger partial charge is 0.226 e. The SMILES string of the molecule is CCCOc1ccnc(NC(CO)(CO)CO)n1. The molecule has 0 fully saturated rings. The van der Waals surface area contributed by atoms with Crippen molar-refractivity contribution in [3.63, 3.8) is 0 Å². The summed E-state index contributed by atoms with van der Waals surface area (Å²) < 4.78 is 5.33. The molecule has 1 aromatic rings. The second-order valence-corrected chi connectivity index (χ2v) is 3.95. The zero-order valence-corrected chi connectivity index (χ0v) is 10.3. The Labute approximate surface area is 105 Å².